The zero-order chi connectivity index (χ0) is 12.3. The lowest BCUT2D eigenvalue weighted by molar-refractivity contribution is 0.410. The normalized spacial score (nSPS) is 10.5. The minimum Gasteiger partial charge on any atom is -0.497 e. The molecule has 2 rings (SSSR count). The molecule has 5 heteroatoms. The average molecular weight is 255 g/mol. The topological polar surface area (TPSA) is 27.1 Å². The van der Waals surface area contributed by atoms with Crippen LogP contribution in [0.1, 0.15) is 11.3 Å². The minimum atomic E-state index is -0.287. The van der Waals surface area contributed by atoms with Gasteiger partial charge in [-0.25, -0.2) is 9.37 Å². The lowest BCUT2D eigenvalue weighted by Crippen LogP contribution is -1.99. The Morgan fingerprint density at radius 1 is 1.47 bits per heavy atom. The van der Waals surface area contributed by atoms with E-state index in [1.165, 1.54) is 13.2 Å². The molecule has 3 nitrogen and oxygen atoms in total. The number of benzene rings is 1. The van der Waals surface area contributed by atoms with Crippen LogP contribution in [0.4, 0.5) is 4.39 Å². The first-order valence-electron chi connectivity index (χ1n) is 5.12. The summed E-state index contributed by atoms with van der Waals surface area (Å²) < 4.78 is 20.4. The lowest BCUT2D eigenvalue weighted by atomic mass is 10.2. The SMILES string of the molecule is COc1ccc(Cn2cnc(CCl)c2)c(F)c1. The first-order valence-corrected chi connectivity index (χ1v) is 5.65. The highest BCUT2D eigenvalue weighted by atomic mass is 35.5. The number of rotatable bonds is 4. The van der Waals surface area contributed by atoms with Gasteiger partial charge in [-0.05, 0) is 6.07 Å². The van der Waals surface area contributed by atoms with Gasteiger partial charge >= 0.3 is 0 Å². The van der Waals surface area contributed by atoms with Crippen LogP contribution in [0.3, 0.4) is 0 Å². The van der Waals surface area contributed by atoms with E-state index in [1.807, 2.05) is 0 Å². The molecule has 0 amide bonds. The third-order valence-electron chi connectivity index (χ3n) is 2.44. The quantitative estimate of drug-likeness (QED) is 0.785. The van der Waals surface area contributed by atoms with E-state index in [0.29, 0.717) is 23.7 Å². The van der Waals surface area contributed by atoms with Crippen LogP contribution in [0, 0.1) is 5.82 Å². The standard InChI is InChI=1S/C12H12ClFN2O/c1-17-11-3-2-9(12(14)4-11)6-16-7-10(5-13)15-8-16/h2-4,7-8H,5-6H2,1H3. The van der Waals surface area contributed by atoms with Crippen LogP contribution in [0.25, 0.3) is 0 Å². The number of ether oxygens (including phenoxy) is 1. The second-order valence-electron chi connectivity index (χ2n) is 3.63. The summed E-state index contributed by atoms with van der Waals surface area (Å²) in [4.78, 5) is 4.08. The smallest absolute Gasteiger partial charge is 0.131 e. The molecule has 1 aromatic carbocycles. The van der Waals surface area contributed by atoms with Crippen molar-refractivity contribution in [3.63, 3.8) is 0 Å². The highest BCUT2D eigenvalue weighted by Gasteiger charge is 2.05. The molecule has 17 heavy (non-hydrogen) atoms. The number of alkyl halides is 1. The summed E-state index contributed by atoms with van der Waals surface area (Å²) in [6, 6.07) is 4.81. The summed E-state index contributed by atoms with van der Waals surface area (Å²) in [5, 5.41) is 0. The van der Waals surface area contributed by atoms with Crippen molar-refractivity contribution in [3.8, 4) is 5.75 Å². The van der Waals surface area contributed by atoms with E-state index in [0.717, 1.165) is 5.69 Å². The molecule has 0 saturated heterocycles. The van der Waals surface area contributed by atoms with Gasteiger partial charge in [0.1, 0.15) is 11.6 Å². The van der Waals surface area contributed by atoms with Crippen LogP contribution < -0.4 is 4.74 Å². The Hall–Kier alpha value is -1.55. The Bertz CT molecular complexity index is 513. The van der Waals surface area contributed by atoms with Crippen LogP contribution in [-0.2, 0) is 12.4 Å². The molecule has 0 aliphatic rings. The first kappa shape index (κ1) is 11.9. The number of hydrogen-bond donors (Lipinski definition) is 0. The van der Waals surface area contributed by atoms with Gasteiger partial charge in [-0.2, -0.15) is 0 Å². The predicted octanol–water partition coefficient (Wildman–Crippen LogP) is 2.82. The van der Waals surface area contributed by atoms with Crippen molar-refractivity contribution < 1.29 is 9.13 Å². The Morgan fingerprint density at radius 3 is 2.88 bits per heavy atom. The zero-order valence-corrected chi connectivity index (χ0v) is 10.1. The predicted molar refractivity (Wildman–Crippen MR) is 63.8 cm³/mol. The van der Waals surface area contributed by atoms with Crippen LogP contribution in [0.5, 0.6) is 5.75 Å². The maximum absolute atomic E-state index is 13.7. The van der Waals surface area contributed by atoms with E-state index in [2.05, 4.69) is 4.98 Å². The van der Waals surface area contributed by atoms with Crippen LogP contribution in [-0.4, -0.2) is 16.7 Å². The summed E-state index contributed by atoms with van der Waals surface area (Å²) in [5.41, 5.74) is 1.37. The Balaban J connectivity index is 2.18. The van der Waals surface area contributed by atoms with E-state index in [-0.39, 0.29) is 5.82 Å². The fraction of sp³-hybridized carbons (Fsp3) is 0.250. The van der Waals surface area contributed by atoms with Gasteiger partial charge in [0.2, 0.25) is 0 Å². The third-order valence-corrected chi connectivity index (χ3v) is 2.71. The molecule has 0 fully saturated rings. The molecule has 0 saturated carbocycles. The van der Waals surface area contributed by atoms with E-state index < -0.39 is 0 Å². The van der Waals surface area contributed by atoms with Gasteiger partial charge in [-0.15, -0.1) is 11.6 Å². The summed E-state index contributed by atoms with van der Waals surface area (Å²) in [7, 11) is 1.51. The van der Waals surface area contributed by atoms with Gasteiger partial charge < -0.3 is 9.30 Å². The molecule has 0 unspecified atom stereocenters. The lowest BCUT2D eigenvalue weighted by Gasteiger charge is -2.06. The van der Waals surface area contributed by atoms with Gasteiger partial charge in [-0.1, -0.05) is 6.07 Å². The molecular weight excluding hydrogens is 243 g/mol. The second-order valence-corrected chi connectivity index (χ2v) is 3.90. The van der Waals surface area contributed by atoms with Crippen LogP contribution in [0.15, 0.2) is 30.7 Å². The minimum absolute atomic E-state index is 0.287. The fourth-order valence-electron chi connectivity index (χ4n) is 1.54. The highest BCUT2D eigenvalue weighted by Crippen LogP contribution is 2.17. The molecular formula is C12H12ClFN2O. The molecule has 2 aromatic rings. The zero-order valence-electron chi connectivity index (χ0n) is 9.36. The van der Waals surface area contributed by atoms with Crippen molar-refractivity contribution in [1.29, 1.82) is 0 Å². The third kappa shape index (κ3) is 2.77. The van der Waals surface area contributed by atoms with Gasteiger partial charge in [0.05, 0.1) is 31.6 Å². The molecule has 90 valence electrons. The number of imidazole rings is 1. The number of hydrogen-bond acceptors (Lipinski definition) is 2. The number of nitrogens with zero attached hydrogens (tertiary/aromatic N) is 2. The van der Waals surface area contributed by atoms with E-state index in [9.17, 15) is 4.39 Å². The molecule has 0 aliphatic heterocycles. The van der Waals surface area contributed by atoms with Gasteiger partial charge in [0.25, 0.3) is 0 Å². The highest BCUT2D eigenvalue weighted by molar-refractivity contribution is 6.16. The molecule has 1 heterocycles. The van der Waals surface area contributed by atoms with Crippen molar-refractivity contribution in [3.05, 3.63) is 47.8 Å². The van der Waals surface area contributed by atoms with Crippen molar-refractivity contribution in [2.45, 2.75) is 12.4 Å². The molecule has 0 aliphatic carbocycles. The monoisotopic (exact) mass is 254 g/mol. The van der Waals surface area contributed by atoms with E-state index in [1.54, 1.807) is 29.2 Å². The summed E-state index contributed by atoms with van der Waals surface area (Å²) in [6.45, 7) is 0.430. The van der Waals surface area contributed by atoms with Gasteiger partial charge in [0, 0.05) is 17.8 Å². The molecule has 0 atom stereocenters. The van der Waals surface area contributed by atoms with Gasteiger partial charge in [-0.3, -0.25) is 0 Å². The molecule has 1 aromatic heterocycles. The van der Waals surface area contributed by atoms with Crippen molar-refractivity contribution in [1.82, 2.24) is 9.55 Å². The molecule has 0 spiro atoms. The van der Waals surface area contributed by atoms with Gasteiger partial charge in [0.15, 0.2) is 0 Å². The Labute approximate surface area is 104 Å². The molecule has 0 radical (unpaired) electrons. The van der Waals surface area contributed by atoms with Crippen LogP contribution in [0.2, 0.25) is 0 Å². The summed E-state index contributed by atoms with van der Waals surface area (Å²) in [5.74, 6) is 0.585. The van der Waals surface area contributed by atoms with Crippen LogP contribution >= 0.6 is 11.6 Å². The largest absolute Gasteiger partial charge is 0.497 e. The second kappa shape index (κ2) is 5.19. The summed E-state index contributed by atoms with van der Waals surface area (Å²) in [6.07, 6.45) is 3.44. The van der Waals surface area contributed by atoms with Crippen molar-refractivity contribution in [2.24, 2.45) is 0 Å². The van der Waals surface area contributed by atoms with E-state index in [4.69, 9.17) is 16.3 Å². The molecule has 0 bridgehead atoms. The molecule has 0 N–H and O–H groups in total. The van der Waals surface area contributed by atoms with Crippen molar-refractivity contribution >= 4 is 11.6 Å². The fourth-order valence-corrected chi connectivity index (χ4v) is 1.68. The maximum atomic E-state index is 13.7. The number of halogens is 2. The van der Waals surface area contributed by atoms with Crippen molar-refractivity contribution in [2.75, 3.05) is 7.11 Å². The number of methoxy groups -OCH3 is 1. The number of aromatic nitrogens is 2. The average Bonchev–Trinajstić information content (AvgIpc) is 2.79. The Kier molecular flexibility index (Phi) is 3.64. The Morgan fingerprint density at radius 2 is 2.29 bits per heavy atom. The van der Waals surface area contributed by atoms with E-state index >= 15 is 0 Å². The summed E-state index contributed by atoms with van der Waals surface area (Å²) >= 11 is 5.65. The first-order chi connectivity index (χ1) is 8.22. The maximum Gasteiger partial charge on any atom is 0.131 e.